The van der Waals surface area contributed by atoms with Crippen molar-refractivity contribution in [1.82, 2.24) is 0 Å². The molecule has 0 aliphatic heterocycles. The van der Waals surface area contributed by atoms with E-state index in [9.17, 15) is 8.42 Å². The second kappa shape index (κ2) is 4.54. The predicted octanol–water partition coefficient (Wildman–Crippen LogP) is 0.562. The summed E-state index contributed by atoms with van der Waals surface area (Å²) < 4.78 is 20.6. The predicted molar refractivity (Wildman–Crippen MR) is 46.4 cm³/mol. The molecule has 0 heterocycles. The van der Waals surface area contributed by atoms with Crippen molar-refractivity contribution in [2.75, 3.05) is 6.26 Å². The summed E-state index contributed by atoms with van der Waals surface area (Å²) in [5.41, 5.74) is 5.16. The van der Waals surface area contributed by atoms with Crippen LogP contribution in [0.5, 0.6) is 0 Å². The maximum atomic E-state index is 10.3. The number of halogens is 1. The number of hydrogen-bond acceptors (Lipinski definition) is 4. The minimum Gasteiger partial charge on any atom is -0.319 e. The molecule has 0 spiro atoms. The first kappa shape index (κ1) is 12.4. The third kappa shape index (κ3) is 12.1. The average molecular weight is 236 g/mol. The maximum Gasteiger partial charge on any atom is 0.200 e. The normalized spacial score (nSPS) is 14.1. The van der Waals surface area contributed by atoms with Gasteiger partial charge < -0.3 is 5.73 Å². The first-order chi connectivity index (χ1) is 3.42. The van der Waals surface area contributed by atoms with E-state index >= 15 is 0 Å². The number of rotatable bonds is 2. The second-order valence-corrected chi connectivity index (χ2v) is 6.24. The first-order valence-electron chi connectivity index (χ1n) is 2.05. The van der Waals surface area contributed by atoms with Gasteiger partial charge >= 0.3 is 0 Å². The zero-order valence-electron chi connectivity index (χ0n) is 5.20. The SMILES string of the molecule is Br.CC(N)SS(C)(=O)=O. The van der Waals surface area contributed by atoms with Crippen molar-refractivity contribution in [3.05, 3.63) is 0 Å². The molecule has 9 heavy (non-hydrogen) atoms. The van der Waals surface area contributed by atoms with E-state index in [4.69, 9.17) is 5.73 Å². The quantitative estimate of drug-likeness (QED) is 0.562. The Labute approximate surface area is 69.5 Å². The van der Waals surface area contributed by atoms with E-state index in [0.717, 1.165) is 17.0 Å². The zero-order chi connectivity index (χ0) is 6.78. The molecular formula is C3H10BrNO2S2. The van der Waals surface area contributed by atoms with Gasteiger partial charge in [-0.1, -0.05) is 0 Å². The maximum absolute atomic E-state index is 10.3. The lowest BCUT2D eigenvalue weighted by molar-refractivity contribution is 0.615. The van der Waals surface area contributed by atoms with Gasteiger partial charge in [-0.25, -0.2) is 8.42 Å². The molecule has 1 unspecified atom stereocenters. The Morgan fingerprint density at radius 2 is 1.89 bits per heavy atom. The molecule has 3 nitrogen and oxygen atoms in total. The molecule has 58 valence electrons. The summed E-state index contributed by atoms with van der Waals surface area (Å²) >= 11 is 0. The summed E-state index contributed by atoms with van der Waals surface area (Å²) in [6, 6.07) is 0. The lowest BCUT2D eigenvalue weighted by Gasteiger charge is -1.98. The van der Waals surface area contributed by atoms with E-state index in [-0.39, 0.29) is 22.4 Å². The average Bonchev–Trinajstić information content (AvgIpc) is 1.21. The van der Waals surface area contributed by atoms with Gasteiger partial charge in [0.1, 0.15) is 0 Å². The van der Waals surface area contributed by atoms with Crippen molar-refractivity contribution in [3.8, 4) is 0 Å². The third-order valence-corrected chi connectivity index (χ3v) is 2.94. The van der Waals surface area contributed by atoms with E-state index in [1.807, 2.05) is 0 Å². The fraction of sp³-hybridized carbons (Fsp3) is 1.00. The third-order valence-electron chi connectivity index (χ3n) is 0.327. The monoisotopic (exact) mass is 235 g/mol. The Balaban J connectivity index is 0. The lowest BCUT2D eigenvalue weighted by atomic mass is 10.8. The Kier molecular flexibility index (Phi) is 6.26. The van der Waals surface area contributed by atoms with Gasteiger partial charge in [0.25, 0.3) is 0 Å². The van der Waals surface area contributed by atoms with Crippen LogP contribution in [0.15, 0.2) is 0 Å². The van der Waals surface area contributed by atoms with Crippen LogP contribution in [0.25, 0.3) is 0 Å². The van der Waals surface area contributed by atoms with Crippen LogP contribution in [0, 0.1) is 0 Å². The van der Waals surface area contributed by atoms with Crippen LogP contribution >= 0.6 is 27.8 Å². The molecule has 2 N–H and O–H groups in total. The minimum absolute atomic E-state index is 0. The molecule has 0 aromatic heterocycles. The minimum atomic E-state index is -2.93. The van der Waals surface area contributed by atoms with Gasteiger partial charge in [0.15, 0.2) is 8.87 Å². The highest BCUT2D eigenvalue weighted by molar-refractivity contribution is 8.93. The van der Waals surface area contributed by atoms with E-state index < -0.39 is 8.87 Å². The van der Waals surface area contributed by atoms with Gasteiger partial charge in [-0.05, 0) is 17.7 Å². The van der Waals surface area contributed by atoms with Crippen LogP contribution in [-0.2, 0) is 8.87 Å². The molecule has 1 atom stereocenters. The van der Waals surface area contributed by atoms with Crippen molar-refractivity contribution >= 4 is 36.6 Å². The Hall–Kier alpha value is 0.740. The van der Waals surface area contributed by atoms with Crippen LogP contribution in [0.2, 0.25) is 0 Å². The standard InChI is InChI=1S/C3H9NO2S2.BrH/c1-3(4)7-8(2,5)6;/h3H,4H2,1-2H3;1H. The van der Waals surface area contributed by atoms with Crippen LogP contribution < -0.4 is 5.73 Å². The summed E-state index contributed by atoms with van der Waals surface area (Å²) in [6.07, 6.45) is 1.14. The number of hydrogen-bond donors (Lipinski definition) is 1. The van der Waals surface area contributed by atoms with Crippen molar-refractivity contribution in [1.29, 1.82) is 0 Å². The van der Waals surface area contributed by atoms with Crippen molar-refractivity contribution in [2.45, 2.75) is 12.3 Å². The van der Waals surface area contributed by atoms with Crippen molar-refractivity contribution < 1.29 is 8.42 Å². The van der Waals surface area contributed by atoms with Gasteiger partial charge in [-0.3, -0.25) is 0 Å². The molecular weight excluding hydrogens is 226 g/mol. The molecule has 0 radical (unpaired) electrons. The Morgan fingerprint density at radius 1 is 1.56 bits per heavy atom. The lowest BCUT2D eigenvalue weighted by Crippen LogP contribution is -2.12. The highest BCUT2D eigenvalue weighted by Gasteiger charge is 2.04. The van der Waals surface area contributed by atoms with E-state index in [1.54, 1.807) is 6.92 Å². The zero-order valence-corrected chi connectivity index (χ0v) is 8.54. The highest BCUT2D eigenvalue weighted by Crippen LogP contribution is 2.11. The molecule has 0 aromatic carbocycles. The van der Waals surface area contributed by atoms with Gasteiger partial charge in [0, 0.05) is 6.26 Å². The summed E-state index contributed by atoms with van der Waals surface area (Å²) in [6.45, 7) is 1.63. The van der Waals surface area contributed by atoms with E-state index in [0.29, 0.717) is 0 Å². The molecule has 0 aromatic rings. The van der Waals surface area contributed by atoms with Gasteiger partial charge in [0.2, 0.25) is 0 Å². The first-order valence-corrected chi connectivity index (χ1v) is 5.34. The Bertz CT molecular complexity index is 153. The topological polar surface area (TPSA) is 60.2 Å². The van der Waals surface area contributed by atoms with Crippen LogP contribution in [0.1, 0.15) is 6.92 Å². The van der Waals surface area contributed by atoms with Gasteiger partial charge in [0.05, 0.1) is 5.37 Å². The fourth-order valence-electron chi connectivity index (χ4n) is 0.276. The summed E-state index contributed by atoms with van der Waals surface area (Å²) in [5, 5.41) is -0.329. The molecule has 0 rings (SSSR count). The van der Waals surface area contributed by atoms with Crippen LogP contribution in [-0.4, -0.2) is 20.0 Å². The van der Waals surface area contributed by atoms with Gasteiger partial charge in [-0.2, -0.15) is 0 Å². The fourth-order valence-corrected chi connectivity index (χ4v) is 2.48. The second-order valence-electron chi connectivity index (χ2n) is 1.51. The molecule has 0 aliphatic rings. The summed E-state index contributed by atoms with van der Waals surface area (Å²) in [5.74, 6) is 0. The molecule has 0 saturated carbocycles. The van der Waals surface area contributed by atoms with Crippen molar-refractivity contribution in [3.63, 3.8) is 0 Å². The molecule has 0 bridgehead atoms. The summed E-state index contributed by atoms with van der Waals surface area (Å²) in [4.78, 5) is 0. The van der Waals surface area contributed by atoms with Crippen LogP contribution in [0.4, 0.5) is 0 Å². The van der Waals surface area contributed by atoms with E-state index in [2.05, 4.69) is 0 Å². The van der Waals surface area contributed by atoms with E-state index in [1.165, 1.54) is 0 Å². The molecule has 0 aliphatic carbocycles. The van der Waals surface area contributed by atoms with Crippen molar-refractivity contribution in [2.24, 2.45) is 5.73 Å². The van der Waals surface area contributed by atoms with Gasteiger partial charge in [-0.15, -0.1) is 17.0 Å². The van der Waals surface area contributed by atoms with Crippen LogP contribution in [0.3, 0.4) is 0 Å². The summed E-state index contributed by atoms with van der Waals surface area (Å²) in [7, 11) is -2.17. The largest absolute Gasteiger partial charge is 0.319 e. The highest BCUT2D eigenvalue weighted by atomic mass is 79.9. The molecule has 0 saturated heterocycles. The molecule has 0 amide bonds. The Morgan fingerprint density at radius 3 is 1.89 bits per heavy atom. The molecule has 6 heteroatoms. The molecule has 0 fully saturated rings. The smallest absolute Gasteiger partial charge is 0.200 e. The number of nitrogens with two attached hydrogens (primary N) is 1.